The first-order valence-electron chi connectivity index (χ1n) is 7.88. The molecule has 2 atom stereocenters. The summed E-state index contributed by atoms with van der Waals surface area (Å²) in [5.74, 6) is -0.683. The Hall–Kier alpha value is -1.94. The van der Waals surface area contributed by atoms with Crippen molar-refractivity contribution >= 4 is 21.9 Å². The number of alkyl carbamates (subject to hydrolysis) is 1. The van der Waals surface area contributed by atoms with Crippen molar-refractivity contribution in [2.45, 2.75) is 57.7 Å². The molecule has 0 aliphatic heterocycles. The number of hydrogen-bond acceptors (Lipinski definition) is 5. The maximum absolute atomic E-state index is 12.6. The average molecular weight is 373 g/mol. The SMILES string of the molecule is CC(C)C[C@H](NC(=O)OC(C)(C)C)C(=O)N=S(N)(=O)c1ccnn1C. The Kier molecular flexibility index (Phi) is 6.72. The summed E-state index contributed by atoms with van der Waals surface area (Å²) in [6.07, 6.45) is 0.972. The first-order valence-corrected chi connectivity index (χ1v) is 9.46. The highest BCUT2D eigenvalue weighted by Crippen LogP contribution is 2.13. The van der Waals surface area contributed by atoms with Gasteiger partial charge < -0.3 is 10.1 Å². The van der Waals surface area contributed by atoms with Crippen LogP contribution in [0, 0.1) is 5.92 Å². The van der Waals surface area contributed by atoms with Crippen LogP contribution >= 0.6 is 0 Å². The Bertz CT molecular complexity index is 741. The molecule has 142 valence electrons. The fraction of sp³-hybridized carbons (Fsp3) is 0.667. The minimum atomic E-state index is -3.46. The molecule has 1 aromatic heterocycles. The lowest BCUT2D eigenvalue weighted by molar-refractivity contribution is -0.120. The Morgan fingerprint density at radius 3 is 2.48 bits per heavy atom. The van der Waals surface area contributed by atoms with Gasteiger partial charge in [0.1, 0.15) is 16.7 Å². The van der Waals surface area contributed by atoms with E-state index in [4.69, 9.17) is 9.88 Å². The number of aryl methyl sites for hydroxylation is 1. The zero-order valence-corrected chi connectivity index (χ0v) is 16.3. The lowest BCUT2D eigenvalue weighted by Gasteiger charge is -2.23. The highest BCUT2D eigenvalue weighted by molar-refractivity contribution is 7.91. The number of amides is 2. The van der Waals surface area contributed by atoms with Crippen LogP contribution < -0.4 is 10.5 Å². The molecule has 0 bridgehead atoms. The largest absolute Gasteiger partial charge is 0.444 e. The van der Waals surface area contributed by atoms with E-state index in [1.54, 1.807) is 27.8 Å². The average Bonchev–Trinajstić information content (AvgIpc) is 2.81. The van der Waals surface area contributed by atoms with E-state index in [9.17, 15) is 13.8 Å². The molecule has 0 saturated carbocycles. The molecule has 10 heteroatoms. The molecule has 2 amide bonds. The Morgan fingerprint density at radius 1 is 1.44 bits per heavy atom. The zero-order valence-electron chi connectivity index (χ0n) is 15.5. The van der Waals surface area contributed by atoms with Gasteiger partial charge in [-0.05, 0) is 39.2 Å². The van der Waals surface area contributed by atoms with E-state index < -0.39 is 33.6 Å². The molecule has 9 nitrogen and oxygen atoms in total. The van der Waals surface area contributed by atoms with E-state index in [0.717, 1.165) is 0 Å². The summed E-state index contributed by atoms with van der Waals surface area (Å²) < 4.78 is 22.7. The molecule has 0 fully saturated rings. The minimum Gasteiger partial charge on any atom is -0.444 e. The van der Waals surface area contributed by atoms with E-state index in [-0.39, 0.29) is 10.9 Å². The fourth-order valence-corrected chi connectivity index (χ4v) is 3.21. The van der Waals surface area contributed by atoms with Gasteiger partial charge in [0.25, 0.3) is 5.91 Å². The van der Waals surface area contributed by atoms with Gasteiger partial charge in [-0.2, -0.15) is 5.10 Å². The van der Waals surface area contributed by atoms with E-state index >= 15 is 0 Å². The zero-order chi connectivity index (χ0) is 19.4. The number of carbonyl (C=O) groups is 2. The summed E-state index contributed by atoms with van der Waals surface area (Å²) in [7, 11) is -1.92. The smallest absolute Gasteiger partial charge is 0.408 e. The van der Waals surface area contributed by atoms with E-state index in [1.807, 2.05) is 13.8 Å². The molecule has 0 aliphatic rings. The highest BCUT2D eigenvalue weighted by Gasteiger charge is 2.26. The van der Waals surface area contributed by atoms with Gasteiger partial charge in [0.2, 0.25) is 0 Å². The van der Waals surface area contributed by atoms with Crippen molar-refractivity contribution in [1.82, 2.24) is 15.1 Å². The molecular formula is C15H27N5O4S. The third-order valence-electron chi connectivity index (χ3n) is 3.00. The molecule has 0 aromatic carbocycles. The van der Waals surface area contributed by atoms with Crippen molar-refractivity contribution < 1.29 is 18.5 Å². The van der Waals surface area contributed by atoms with Crippen molar-refractivity contribution in [3.63, 3.8) is 0 Å². The van der Waals surface area contributed by atoms with Crippen molar-refractivity contribution in [1.29, 1.82) is 0 Å². The molecule has 0 radical (unpaired) electrons. The Labute approximate surface area is 148 Å². The Balaban J connectivity index is 3.05. The normalized spacial score (nSPS) is 15.4. The highest BCUT2D eigenvalue weighted by atomic mass is 32.2. The van der Waals surface area contributed by atoms with Crippen molar-refractivity contribution in [3.05, 3.63) is 12.3 Å². The second-order valence-corrected chi connectivity index (χ2v) is 8.86. The summed E-state index contributed by atoms with van der Waals surface area (Å²) in [6.45, 7) is 8.91. The minimum absolute atomic E-state index is 0.0876. The van der Waals surface area contributed by atoms with Crippen LogP contribution in [0.3, 0.4) is 0 Å². The van der Waals surface area contributed by atoms with E-state index in [0.29, 0.717) is 6.42 Å². The second kappa shape index (κ2) is 7.96. The molecule has 1 unspecified atom stereocenters. The summed E-state index contributed by atoms with van der Waals surface area (Å²) in [6, 6.07) is 0.449. The molecule has 1 rings (SSSR count). The summed E-state index contributed by atoms with van der Waals surface area (Å²) >= 11 is 0. The number of nitrogens with one attached hydrogen (secondary N) is 1. The van der Waals surface area contributed by atoms with Gasteiger partial charge >= 0.3 is 6.09 Å². The predicted molar refractivity (Wildman–Crippen MR) is 93.9 cm³/mol. The van der Waals surface area contributed by atoms with Gasteiger partial charge in [-0.1, -0.05) is 13.8 Å². The summed E-state index contributed by atoms with van der Waals surface area (Å²) in [5, 5.41) is 12.2. The van der Waals surface area contributed by atoms with Crippen LogP contribution in [0.15, 0.2) is 21.7 Å². The molecule has 0 saturated heterocycles. The van der Waals surface area contributed by atoms with Crippen LogP contribution in [-0.2, 0) is 26.5 Å². The third kappa shape index (κ3) is 6.83. The lowest BCUT2D eigenvalue weighted by atomic mass is 10.0. The molecule has 0 spiro atoms. The van der Waals surface area contributed by atoms with Gasteiger partial charge in [-0.15, -0.1) is 4.36 Å². The molecule has 3 N–H and O–H groups in total. The van der Waals surface area contributed by atoms with Crippen LogP contribution in [0.2, 0.25) is 0 Å². The van der Waals surface area contributed by atoms with Gasteiger partial charge in [-0.3, -0.25) is 9.48 Å². The number of aromatic nitrogens is 2. The quantitative estimate of drug-likeness (QED) is 0.809. The monoisotopic (exact) mass is 373 g/mol. The van der Waals surface area contributed by atoms with Gasteiger partial charge in [-0.25, -0.2) is 14.1 Å². The first kappa shape index (κ1) is 21.1. The maximum Gasteiger partial charge on any atom is 0.408 e. The number of rotatable bonds is 5. The van der Waals surface area contributed by atoms with E-state index in [1.165, 1.54) is 16.9 Å². The maximum atomic E-state index is 12.6. The standard InChI is InChI=1S/C15H27N5O4S/c1-10(2)9-11(18-14(22)24-15(3,4)5)13(21)19-25(16,23)12-7-8-17-20(12)6/h7-8,10-11H,9H2,1-6H3,(H,18,22)(H2,16,19,21,23)/t11-,25?/m0/s1. The second-order valence-electron chi connectivity index (χ2n) is 7.12. The number of nitrogens with two attached hydrogens (primary N) is 1. The van der Waals surface area contributed by atoms with Gasteiger partial charge in [0.05, 0.1) is 6.20 Å². The molecule has 1 aromatic rings. The molecule has 25 heavy (non-hydrogen) atoms. The Morgan fingerprint density at radius 2 is 2.04 bits per heavy atom. The van der Waals surface area contributed by atoms with Crippen LogP contribution in [0.1, 0.15) is 41.0 Å². The molecule has 1 heterocycles. The lowest BCUT2D eigenvalue weighted by Crippen LogP contribution is -2.44. The number of hydrogen-bond donors (Lipinski definition) is 2. The van der Waals surface area contributed by atoms with Crippen molar-refractivity contribution in [2.24, 2.45) is 22.5 Å². The van der Waals surface area contributed by atoms with Crippen molar-refractivity contribution in [2.75, 3.05) is 0 Å². The summed E-state index contributed by atoms with van der Waals surface area (Å²) in [5.41, 5.74) is -0.706. The third-order valence-corrected chi connectivity index (χ3v) is 4.45. The molecular weight excluding hydrogens is 346 g/mol. The topological polar surface area (TPSA) is 129 Å². The van der Waals surface area contributed by atoms with Crippen LogP contribution in [0.5, 0.6) is 0 Å². The first-order chi connectivity index (χ1) is 11.3. The van der Waals surface area contributed by atoms with Gasteiger partial charge in [0, 0.05) is 7.05 Å². The van der Waals surface area contributed by atoms with E-state index in [2.05, 4.69) is 14.8 Å². The van der Waals surface area contributed by atoms with Crippen molar-refractivity contribution in [3.8, 4) is 0 Å². The van der Waals surface area contributed by atoms with Crippen LogP contribution in [0.25, 0.3) is 0 Å². The number of nitrogens with zero attached hydrogens (tertiary/aromatic N) is 3. The van der Waals surface area contributed by atoms with Crippen LogP contribution in [-0.4, -0.2) is 37.6 Å². The van der Waals surface area contributed by atoms with Gasteiger partial charge in [0.15, 0.2) is 9.92 Å². The number of carbonyl (C=O) groups excluding carboxylic acids is 2. The fourth-order valence-electron chi connectivity index (χ4n) is 2.04. The summed E-state index contributed by atoms with van der Waals surface area (Å²) in [4.78, 5) is 24.4. The predicted octanol–water partition coefficient (Wildman–Crippen LogP) is 1.59. The molecule has 0 aliphatic carbocycles. The number of ether oxygens (including phenoxy) is 1. The van der Waals surface area contributed by atoms with Crippen LogP contribution in [0.4, 0.5) is 4.79 Å².